The summed E-state index contributed by atoms with van der Waals surface area (Å²) in [6.45, 7) is 2.62. The Bertz CT molecular complexity index is 598. The highest BCUT2D eigenvalue weighted by Gasteiger charge is 2.26. The van der Waals surface area contributed by atoms with Crippen LogP contribution in [-0.2, 0) is 10.0 Å². The third-order valence-corrected chi connectivity index (χ3v) is 6.86. The van der Waals surface area contributed by atoms with Crippen molar-refractivity contribution in [3.63, 3.8) is 0 Å². The maximum atomic E-state index is 12.4. The van der Waals surface area contributed by atoms with E-state index in [1.54, 1.807) is 0 Å². The zero-order valence-electron chi connectivity index (χ0n) is 11.7. The summed E-state index contributed by atoms with van der Waals surface area (Å²) in [4.78, 5) is -0.0440. The molecule has 0 aliphatic heterocycles. The van der Waals surface area contributed by atoms with Gasteiger partial charge in [-0.3, -0.25) is 0 Å². The first kappa shape index (κ1) is 17.5. The molecule has 1 N–H and O–H groups in total. The van der Waals surface area contributed by atoms with Gasteiger partial charge in [0, 0.05) is 11.0 Å². The molecule has 1 aliphatic carbocycles. The standard InChI is InChI=1S/C14H18BrCl2NO2S/c1-9-4-2-3-5-10(9)8-18-21(19,20)14-12(16)6-11(15)7-13(14)17/h6-7,9-10,18H,2-5,8H2,1H3. The van der Waals surface area contributed by atoms with Crippen LogP contribution in [0.25, 0.3) is 0 Å². The second kappa shape index (κ2) is 7.18. The van der Waals surface area contributed by atoms with Crippen LogP contribution in [0.1, 0.15) is 32.6 Å². The molecule has 1 fully saturated rings. The van der Waals surface area contributed by atoms with Crippen LogP contribution in [-0.4, -0.2) is 15.0 Å². The maximum Gasteiger partial charge on any atom is 0.243 e. The fourth-order valence-corrected chi connectivity index (χ4v) is 5.80. The summed E-state index contributed by atoms with van der Waals surface area (Å²) in [5.74, 6) is 0.916. The van der Waals surface area contributed by atoms with Gasteiger partial charge in [-0.25, -0.2) is 13.1 Å². The predicted molar refractivity (Wildman–Crippen MR) is 90.5 cm³/mol. The molecule has 118 valence electrons. The van der Waals surface area contributed by atoms with Crippen LogP contribution < -0.4 is 4.72 Å². The fraction of sp³-hybridized carbons (Fsp3) is 0.571. The van der Waals surface area contributed by atoms with Crippen LogP contribution in [0, 0.1) is 11.8 Å². The van der Waals surface area contributed by atoms with Gasteiger partial charge in [0.25, 0.3) is 0 Å². The van der Waals surface area contributed by atoms with E-state index in [-0.39, 0.29) is 14.9 Å². The molecule has 0 bridgehead atoms. The van der Waals surface area contributed by atoms with Crippen LogP contribution in [0.4, 0.5) is 0 Å². The van der Waals surface area contributed by atoms with Crippen LogP contribution >= 0.6 is 39.1 Å². The van der Waals surface area contributed by atoms with Gasteiger partial charge in [0.2, 0.25) is 10.0 Å². The Morgan fingerprint density at radius 3 is 2.38 bits per heavy atom. The largest absolute Gasteiger partial charge is 0.243 e. The SMILES string of the molecule is CC1CCCCC1CNS(=O)(=O)c1c(Cl)cc(Br)cc1Cl. The predicted octanol–water partition coefficient (Wildman–Crippen LogP) is 4.86. The molecule has 3 nitrogen and oxygen atoms in total. The van der Waals surface area contributed by atoms with Crippen molar-refractivity contribution in [2.45, 2.75) is 37.5 Å². The molecule has 1 aromatic rings. The van der Waals surface area contributed by atoms with Gasteiger partial charge < -0.3 is 0 Å². The minimum atomic E-state index is -3.70. The molecule has 1 aromatic carbocycles. The molecule has 1 saturated carbocycles. The molecule has 0 amide bonds. The third-order valence-electron chi connectivity index (χ3n) is 4.06. The van der Waals surface area contributed by atoms with E-state index < -0.39 is 10.0 Å². The van der Waals surface area contributed by atoms with Crippen molar-refractivity contribution < 1.29 is 8.42 Å². The van der Waals surface area contributed by atoms with Gasteiger partial charge in [0.05, 0.1) is 10.0 Å². The molecule has 2 rings (SSSR count). The Labute approximate surface area is 144 Å². The highest BCUT2D eigenvalue weighted by molar-refractivity contribution is 9.10. The molecule has 1 aliphatic rings. The number of hydrogen-bond donors (Lipinski definition) is 1. The Hall–Kier alpha value is 0.190. The number of sulfonamides is 1. The Balaban J connectivity index is 2.15. The average Bonchev–Trinajstić information content (AvgIpc) is 2.36. The second-order valence-electron chi connectivity index (χ2n) is 5.57. The lowest BCUT2D eigenvalue weighted by molar-refractivity contribution is 0.257. The number of hydrogen-bond acceptors (Lipinski definition) is 2. The fourth-order valence-electron chi connectivity index (χ4n) is 2.77. The second-order valence-corrected chi connectivity index (χ2v) is 9.01. The molecular weight excluding hydrogens is 397 g/mol. The molecular formula is C14H18BrCl2NO2S. The number of nitrogens with one attached hydrogen (secondary N) is 1. The number of halogens is 3. The van der Waals surface area contributed by atoms with Crippen LogP contribution in [0.3, 0.4) is 0 Å². The summed E-state index contributed by atoms with van der Waals surface area (Å²) in [6.07, 6.45) is 4.61. The van der Waals surface area contributed by atoms with E-state index in [1.807, 2.05) is 0 Å². The summed E-state index contributed by atoms with van der Waals surface area (Å²) in [7, 11) is -3.70. The first-order valence-corrected chi connectivity index (χ1v) is 9.98. The van der Waals surface area contributed by atoms with Gasteiger partial charge in [0.1, 0.15) is 4.90 Å². The van der Waals surface area contributed by atoms with Crippen molar-refractivity contribution in [1.82, 2.24) is 4.72 Å². The maximum absolute atomic E-state index is 12.4. The minimum absolute atomic E-state index is 0.0440. The minimum Gasteiger partial charge on any atom is -0.211 e. The van der Waals surface area contributed by atoms with Crippen LogP contribution in [0.15, 0.2) is 21.5 Å². The Morgan fingerprint density at radius 2 is 1.81 bits per heavy atom. The van der Waals surface area contributed by atoms with Crippen LogP contribution in [0.5, 0.6) is 0 Å². The van der Waals surface area contributed by atoms with E-state index in [9.17, 15) is 8.42 Å². The summed E-state index contributed by atoms with van der Waals surface area (Å²) in [5.41, 5.74) is 0. The van der Waals surface area contributed by atoms with E-state index in [0.717, 1.165) is 19.3 Å². The van der Waals surface area contributed by atoms with Crippen molar-refractivity contribution in [3.05, 3.63) is 26.7 Å². The molecule has 2 atom stereocenters. The van der Waals surface area contributed by atoms with E-state index in [2.05, 4.69) is 27.6 Å². The average molecular weight is 415 g/mol. The molecule has 2 unspecified atom stereocenters. The van der Waals surface area contributed by atoms with Gasteiger partial charge in [-0.1, -0.05) is 65.3 Å². The summed E-state index contributed by atoms with van der Waals surface area (Å²) < 4.78 is 28.2. The summed E-state index contributed by atoms with van der Waals surface area (Å²) >= 11 is 15.3. The van der Waals surface area contributed by atoms with Crippen molar-refractivity contribution in [2.24, 2.45) is 11.8 Å². The lowest BCUT2D eigenvalue weighted by Crippen LogP contribution is -2.33. The zero-order valence-corrected chi connectivity index (χ0v) is 15.6. The number of benzene rings is 1. The Kier molecular flexibility index (Phi) is 5.99. The van der Waals surface area contributed by atoms with Crippen molar-refractivity contribution in [3.8, 4) is 0 Å². The van der Waals surface area contributed by atoms with Gasteiger partial charge >= 0.3 is 0 Å². The van der Waals surface area contributed by atoms with E-state index >= 15 is 0 Å². The molecule has 0 saturated heterocycles. The van der Waals surface area contributed by atoms with Crippen molar-refractivity contribution in [2.75, 3.05) is 6.54 Å². The first-order chi connectivity index (χ1) is 9.81. The molecule has 0 aromatic heterocycles. The van der Waals surface area contributed by atoms with Gasteiger partial charge in [0.15, 0.2) is 0 Å². The number of rotatable bonds is 4. The highest BCUT2D eigenvalue weighted by Crippen LogP contribution is 2.33. The van der Waals surface area contributed by atoms with Crippen LogP contribution in [0.2, 0.25) is 10.0 Å². The smallest absolute Gasteiger partial charge is 0.211 e. The highest BCUT2D eigenvalue weighted by atomic mass is 79.9. The summed E-state index contributed by atoms with van der Waals surface area (Å²) in [5, 5.41) is 0.247. The topological polar surface area (TPSA) is 46.2 Å². The molecule has 21 heavy (non-hydrogen) atoms. The Morgan fingerprint density at radius 1 is 1.24 bits per heavy atom. The van der Waals surface area contributed by atoms with Gasteiger partial charge in [-0.05, 0) is 30.4 Å². The van der Waals surface area contributed by atoms with E-state index in [1.165, 1.54) is 18.6 Å². The normalized spacial score (nSPS) is 23.2. The van der Waals surface area contributed by atoms with Gasteiger partial charge in [-0.2, -0.15) is 0 Å². The first-order valence-electron chi connectivity index (χ1n) is 6.95. The van der Waals surface area contributed by atoms with E-state index in [0.29, 0.717) is 22.9 Å². The van der Waals surface area contributed by atoms with E-state index in [4.69, 9.17) is 23.2 Å². The van der Waals surface area contributed by atoms with Gasteiger partial charge in [-0.15, -0.1) is 0 Å². The summed E-state index contributed by atoms with van der Waals surface area (Å²) in [6, 6.07) is 3.07. The molecule has 0 heterocycles. The van der Waals surface area contributed by atoms with Crippen molar-refractivity contribution in [1.29, 1.82) is 0 Å². The molecule has 7 heteroatoms. The lowest BCUT2D eigenvalue weighted by Gasteiger charge is -2.28. The quantitative estimate of drug-likeness (QED) is 0.764. The molecule has 0 radical (unpaired) electrons. The third kappa shape index (κ3) is 4.35. The zero-order chi connectivity index (χ0) is 15.6. The monoisotopic (exact) mass is 413 g/mol. The lowest BCUT2D eigenvalue weighted by atomic mass is 9.81. The van der Waals surface area contributed by atoms with Crippen molar-refractivity contribution >= 4 is 49.2 Å². The molecule has 0 spiro atoms.